The molecule has 0 saturated carbocycles. The molecular formula is C46H35N3O2. The molecule has 5 nitrogen and oxygen atoms in total. The van der Waals surface area contributed by atoms with Crippen LogP contribution in [-0.2, 0) is 5.41 Å². The van der Waals surface area contributed by atoms with Crippen LogP contribution in [0.2, 0.25) is 0 Å². The van der Waals surface area contributed by atoms with Crippen molar-refractivity contribution in [3.63, 3.8) is 0 Å². The molecule has 3 aromatic heterocycles. The molecule has 0 aliphatic heterocycles. The highest BCUT2D eigenvalue weighted by Gasteiger charge is 2.24. The van der Waals surface area contributed by atoms with Crippen LogP contribution in [0.4, 0.5) is 0 Å². The number of aromatic hydroxyl groups is 1. The lowest BCUT2D eigenvalue weighted by atomic mass is 9.83. The van der Waals surface area contributed by atoms with Crippen molar-refractivity contribution < 1.29 is 9.52 Å². The first kappa shape index (κ1) is 30.6. The van der Waals surface area contributed by atoms with Gasteiger partial charge in [0.1, 0.15) is 22.7 Å². The summed E-state index contributed by atoms with van der Waals surface area (Å²) in [7, 11) is 0. The van der Waals surface area contributed by atoms with Crippen LogP contribution < -0.4 is 0 Å². The number of para-hydroxylation sites is 3. The van der Waals surface area contributed by atoms with E-state index in [1.54, 1.807) is 6.07 Å². The molecule has 0 radical (unpaired) electrons. The van der Waals surface area contributed by atoms with Crippen LogP contribution in [0, 0.1) is 0 Å². The molecule has 0 bridgehead atoms. The minimum absolute atomic E-state index is 0.0961. The highest BCUT2D eigenvalue weighted by molar-refractivity contribution is 6.07. The molecule has 0 aliphatic rings. The van der Waals surface area contributed by atoms with E-state index in [1.807, 2.05) is 48.7 Å². The minimum atomic E-state index is -0.0961. The van der Waals surface area contributed by atoms with Crippen molar-refractivity contribution in [2.45, 2.75) is 26.2 Å². The van der Waals surface area contributed by atoms with E-state index in [2.05, 4.69) is 122 Å². The van der Waals surface area contributed by atoms with Gasteiger partial charge in [-0.15, -0.1) is 0 Å². The Morgan fingerprint density at radius 2 is 1.33 bits per heavy atom. The van der Waals surface area contributed by atoms with Crippen LogP contribution in [0.1, 0.15) is 26.3 Å². The molecule has 3 heterocycles. The maximum absolute atomic E-state index is 11.7. The van der Waals surface area contributed by atoms with Gasteiger partial charge in [0.05, 0.1) is 28.0 Å². The summed E-state index contributed by atoms with van der Waals surface area (Å²) in [4.78, 5) is 10.2. The van der Waals surface area contributed by atoms with Gasteiger partial charge < -0.3 is 9.52 Å². The van der Waals surface area contributed by atoms with E-state index in [4.69, 9.17) is 14.4 Å². The van der Waals surface area contributed by atoms with Crippen LogP contribution in [0.5, 0.6) is 5.75 Å². The number of pyridine rings is 1. The molecule has 5 heteroatoms. The van der Waals surface area contributed by atoms with E-state index >= 15 is 0 Å². The van der Waals surface area contributed by atoms with E-state index < -0.39 is 0 Å². The van der Waals surface area contributed by atoms with E-state index in [-0.39, 0.29) is 11.2 Å². The van der Waals surface area contributed by atoms with Crippen molar-refractivity contribution in [1.82, 2.24) is 14.5 Å². The Hall–Kier alpha value is -6.46. The molecule has 0 amide bonds. The van der Waals surface area contributed by atoms with Gasteiger partial charge in [-0.2, -0.15) is 0 Å². The first-order valence-corrected chi connectivity index (χ1v) is 17.2. The standard InChI is InChI=1S/C46H35N3O2/c1-46(2,3)32-25-30(24-31(26-32)38-19-11-12-23-47-38)34-18-13-21-40-44(34)48-45(49(40)39-20-9-7-16-33(39)29-14-5-4-6-15-29)37-27-36-35-17-8-10-22-42(35)51-43(36)28-41(37)50/h4-28,50H,1-3H3. The molecule has 0 atom stereocenters. The monoisotopic (exact) mass is 661 g/mol. The maximum Gasteiger partial charge on any atom is 0.149 e. The lowest BCUT2D eigenvalue weighted by Gasteiger charge is -2.21. The van der Waals surface area contributed by atoms with Crippen molar-refractivity contribution in [2.75, 3.05) is 0 Å². The zero-order valence-electron chi connectivity index (χ0n) is 28.6. The normalized spacial score (nSPS) is 11.9. The zero-order chi connectivity index (χ0) is 34.7. The summed E-state index contributed by atoms with van der Waals surface area (Å²) < 4.78 is 8.34. The van der Waals surface area contributed by atoms with Gasteiger partial charge in [0, 0.05) is 39.7 Å². The number of hydrogen-bond donors (Lipinski definition) is 1. The number of nitrogens with zero attached hydrogens (tertiary/aromatic N) is 3. The predicted octanol–water partition coefficient (Wildman–Crippen LogP) is 12.0. The molecule has 0 saturated heterocycles. The number of imidazole rings is 1. The van der Waals surface area contributed by atoms with Gasteiger partial charge in [0.15, 0.2) is 0 Å². The highest BCUT2D eigenvalue weighted by Crippen LogP contribution is 2.43. The summed E-state index contributed by atoms with van der Waals surface area (Å²) in [6.07, 6.45) is 1.84. The lowest BCUT2D eigenvalue weighted by Crippen LogP contribution is -2.11. The average Bonchev–Trinajstić information content (AvgIpc) is 3.72. The molecule has 0 fully saturated rings. The van der Waals surface area contributed by atoms with E-state index in [9.17, 15) is 5.11 Å². The van der Waals surface area contributed by atoms with Crippen LogP contribution in [-0.4, -0.2) is 19.6 Å². The molecule has 51 heavy (non-hydrogen) atoms. The smallest absolute Gasteiger partial charge is 0.149 e. The Morgan fingerprint density at radius 3 is 2.16 bits per heavy atom. The molecule has 1 N–H and O–H groups in total. The Labute approximate surface area is 296 Å². The number of fused-ring (bicyclic) bond motifs is 4. The minimum Gasteiger partial charge on any atom is -0.507 e. The second kappa shape index (κ2) is 11.9. The predicted molar refractivity (Wildman–Crippen MR) is 208 cm³/mol. The van der Waals surface area contributed by atoms with Gasteiger partial charge in [-0.3, -0.25) is 9.55 Å². The van der Waals surface area contributed by atoms with Crippen LogP contribution in [0.3, 0.4) is 0 Å². The fraction of sp³-hybridized carbons (Fsp3) is 0.0870. The third-order valence-electron chi connectivity index (χ3n) is 9.72. The van der Waals surface area contributed by atoms with Crippen LogP contribution in [0.15, 0.2) is 156 Å². The largest absolute Gasteiger partial charge is 0.507 e. The number of benzene rings is 6. The maximum atomic E-state index is 11.7. The molecule has 0 unspecified atom stereocenters. The van der Waals surface area contributed by atoms with Crippen molar-refractivity contribution in [3.8, 4) is 56.3 Å². The third-order valence-corrected chi connectivity index (χ3v) is 9.72. The average molecular weight is 662 g/mol. The SMILES string of the molecule is CC(C)(C)c1cc(-c2ccccn2)cc(-c2cccc3c2nc(-c2cc4c(cc2O)oc2ccccc24)n3-c2ccccc2-c2ccccc2)c1. The van der Waals surface area contributed by atoms with E-state index in [0.717, 1.165) is 66.6 Å². The third kappa shape index (κ3) is 5.26. The Kier molecular flexibility index (Phi) is 7.11. The number of phenolic OH excluding ortho intramolecular Hbond substituents is 1. The van der Waals surface area contributed by atoms with Gasteiger partial charge in [0.25, 0.3) is 0 Å². The van der Waals surface area contributed by atoms with Gasteiger partial charge in [-0.05, 0) is 70.6 Å². The van der Waals surface area contributed by atoms with E-state index in [0.29, 0.717) is 17.0 Å². The number of rotatable bonds is 5. The molecule has 9 aromatic rings. The Bertz CT molecular complexity index is 2740. The van der Waals surface area contributed by atoms with E-state index in [1.165, 1.54) is 5.56 Å². The second-order valence-corrected chi connectivity index (χ2v) is 14.1. The molecule has 246 valence electrons. The summed E-state index contributed by atoms with van der Waals surface area (Å²) >= 11 is 0. The molecule has 6 aromatic carbocycles. The molecule has 0 spiro atoms. The highest BCUT2D eigenvalue weighted by atomic mass is 16.3. The fourth-order valence-electron chi connectivity index (χ4n) is 7.12. The molecule has 9 rings (SSSR count). The van der Waals surface area contributed by atoms with Crippen molar-refractivity contribution in [3.05, 3.63) is 157 Å². The van der Waals surface area contributed by atoms with Crippen molar-refractivity contribution in [1.29, 1.82) is 0 Å². The Balaban J connectivity index is 1.36. The summed E-state index contributed by atoms with van der Waals surface area (Å²) in [6.45, 7) is 6.71. The topological polar surface area (TPSA) is 64.1 Å². The second-order valence-electron chi connectivity index (χ2n) is 14.1. The number of hydrogen-bond acceptors (Lipinski definition) is 4. The first-order chi connectivity index (χ1) is 24.8. The lowest BCUT2D eigenvalue weighted by molar-refractivity contribution is 0.476. The zero-order valence-corrected chi connectivity index (χ0v) is 28.6. The van der Waals surface area contributed by atoms with Crippen LogP contribution >= 0.6 is 0 Å². The summed E-state index contributed by atoms with van der Waals surface area (Å²) in [5.41, 5.74) is 12.1. The number of aromatic nitrogens is 3. The fourth-order valence-corrected chi connectivity index (χ4v) is 7.12. The van der Waals surface area contributed by atoms with Crippen molar-refractivity contribution in [2.24, 2.45) is 0 Å². The number of phenols is 1. The first-order valence-electron chi connectivity index (χ1n) is 17.2. The summed E-state index contributed by atoms with van der Waals surface area (Å²) in [5.74, 6) is 0.742. The van der Waals surface area contributed by atoms with Crippen molar-refractivity contribution >= 4 is 33.0 Å². The van der Waals surface area contributed by atoms with Gasteiger partial charge in [-0.1, -0.05) is 112 Å². The quantitative estimate of drug-likeness (QED) is 0.199. The number of furan rings is 1. The Morgan fingerprint density at radius 1 is 0.588 bits per heavy atom. The van der Waals surface area contributed by atoms with Crippen LogP contribution in [0.25, 0.3) is 83.6 Å². The van der Waals surface area contributed by atoms with Gasteiger partial charge in [0.2, 0.25) is 0 Å². The summed E-state index contributed by atoms with van der Waals surface area (Å²) in [5, 5.41) is 13.6. The van der Waals surface area contributed by atoms with Gasteiger partial charge >= 0.3 is 0 Å². The van der Waals surface area contributed by atoms with Gasteiger partial charge in [-0.25, -0.2) is 4.98 Å². The summed E-state index contributed by atoms with van der Waals surface area (Å²) in [6, 6.07) is 49.6. The molecule has 0 aliphatic carbocycles. The molecular weight excluding hydrogens is 627 g/mol.